The van der Waals surface area contributed by atoms with E-state index in [1.807, 2.05) is 28.0 Å². The number of carbonyl (C=O) groups excluding carboxylic acids is 2. The first-order chi connectivity index (χ1) is 12.1. The third-order valence-electron chi connectivity index (χ3n) is 5.03. The monoisotopic (exact) mass is 344 g/mol. The Morgan fingerprint density at radius 1 is 0.960 bits per heavy atom. The van der Waals surface area contributed by atoms with Crippen molar-refractivity contribution in [3.63, 3.8) is 0 Å². The fourth-order valence-electron chi connectivity index (χ4n) is 3.54. The number of nitrogens with one attached hydrogen (secondary N) is 1. The Kier molecular flexibility index (Phi) is 5.91. The predicted octanol–water partition coefficient (Wildman–Crippen LogP) is 0.936. The molecule has 2 heterocycles. The fraction of sp³-hybridized carbons (Fsp3) is 0.579. The van der Waals surface area contributed by atoms with Crippen LogP contribution >= 0.6 is 0 Å². The molecule has 1 atom stereocenters. The molecule has 1 aromatic rings. The van der Waals surface area contributed by atoms with Crippen molar-refractivity contribution in [2.45, 2.75) is 25.8 Å². The summed E-state index contributed by atoms with van der Waals surface area (Å²) in [5.41, 5.74) is 1.21. The van der Waals surface area contributed by atoms with Crippen LogP contribution in [0.5, 0.6) is 0 Å². The fourth-order valence-corrected chi connectivity index (χ4v) is 3.54. The lowest BCUT2D eigenvalue weighted by Gasteiger charge is -2.36. The van der Waals surface area contributed by atoms with Crippen LogP contribution in [0.25, 0.3) is 0 Å². The highest BCUT2D eigenvalue weighted by Crippen LogP contribution is 2.16. The standard InChI is InChI=1S/C19H28N4O2/c1-16-15-23(10-9-20-16)19(25)8-7-18(24)22-13-11-21(12-14-22)17-5-3-2-4-6-17/h2-6,16,20H,7-15H2,1H3/t16-/m1/s1. The average Bonchev–Trinajstić information content (AvgIpc) is 2.66. The van der Waals surface area contributed by atoms with Crippen molar-refractivity contribution in [2.24, 2.45) is 0 Å². The van der Waals surface area contributed by atoms with Crippen molar-refractivity contribution in [3.8, 4) is 0 Å². The molecular weight excluding hydrogens is 316 g/mol. The lowest BCUT2D eigenvalue weighted by Crippen LogP contribution is -2.51. The third kappa shape index (κ3) is 4.72. The van der Waals surface area contributed by atoms with Crippen LogP contribution < -0.4 is 10.2 Å². The van der Waals surface area contributed by atoms with Crippen LogP contribution in [-0.4, -0.2) is 73.5 Å². The van der Waals surface area contributed by atoms with E-state index in [0.29, 0.717) is 18.9 Å². The number of hydrogen-bond donors (Lipinski definition) is 1. The van der Waals surface area contributed by atoms with Gasteiger partial charge in [-0.2, -0.15) is 0 Å². The highest BCUT2D eigenvalue weighted by atomic mass is 16.2. The third-order valence-corrected chi connectivity index (χ3v) is 5.03. The maximum absolute atomic E-state index is 12.4. The van der Waals surface area contributed by atoms with Gasteiger partial charge in [0, 0.05) is 70.4 Å². The van der Waals surface area contributed by atoms with E-state index >= 15 is 0 Å². The number of piperazine rings is 2. The molecule has 0 aromatic heterocycles. The van der Waals surface area contributed by atoms with Gasteiger partial charge in [0.1, 0.15) is 0 Å². The zero-order chi connectivity index (χ0) is 17.6. The highest BCUT2D eigenvalue weighted by molar-refractivity contribution is 5.84. The van der Waals surface area contributed by atoms with Crippen LogP contribution in [-0.2, 0) is 9.59 Å². The molecule has 6 heteroatoms. The lowest BCUT2D eigenvalue weighted by molar-refractivity contribution is -0.137. The molecule has 0 spiro atoms. The predicted molar refractivity (Wildman–Crippen MR) is 98.5 cm³/mol. The van der Waals surface area contributed by atoms with E-state index in [9.17, 15) is 9.59 Å². The van der Waals surface area contributed by atoms with Crippen LogP contribution in [0.2, 0.25) is 0 Å². The second kappa shape index (κ2) is 8.34. The van der Waals surface area contributed by atoms with Gasteiger partial charge < -0.3 is 20.0 Å². The summed E-state index contributed by atoms with van der Waals surface area (Å²) in [6.07, 6.45) is 0.646. The van der Waals surface area contributed by atoms with Crippen LogP contribution in [0, 0.1) is 0 Å². The van der Waals surface area contributed by atoms with Crippen molar-refractivity contribution in [3.05, 3.63) is 30.3 Å². The molecule has 1 N–H and O–H groups in total. The summed E-state index contributed by atoms with van der Waals surface area (Å²) >= 11 is 0. The van der Waals surface area contributed by atoms with Crippen molar-refractivity contribution in [2.75, 3.05) is 50.7 Å². The summed E-state index contributed by atoms with van der Waals surface area (Å²) in [6.45, 7) is 7.55. The van der Waals surface area contributed by atoms with Crippen LogP contribution in [0.15, 0.2) is 30.3 Å². The average molecular weight is 344 g/mol. The molecule has 0 radical (unpaired) electrons. The van der Waals surface area contributed by atoms with Gasteiger partial charge in [0.15, 0.2) is 0 Å². The smallest absolute Gasteiger partial charge is 0.223 e. The number of benzene rings is 1. The minimum absolute atomic E-state index is 0.101. The summed E-state index contributed by atoms with van der Waals surface area (Å²) in [5, 5.41) is 3.33. The molecule has 6 nitrogen and oxygen atoms in total. The molecule has 0 aliphatic carbocycles. The largest absolute Gasteiger partial charge is 0.368 e. The molecule has 0 bridgehead atoms. The molecule has 2 aliphatic rings. The molecule has 2 saturated heterocycles. The summed E-state index contributed by atoms with van der Waals surface area (Å²) in [4.78, 5) is 30.8. The second-order valence-corrected chi connectivity index (χ2v) is 6.90. The number of carbonyl (C=O) groups is 2. The van der Waals surface area contributed by atoms with E-state index < -0.39 is 0 Å². The van der Waals surface area contributed by atoms with Crippen LogP contribution in [0.4, 0.5) is 5.69 Å². The summed E-state index contributed by atoms with van der Waals surface area (Å²) in [5.74, 6) is 0.203. The Bertz CT molecular complexity index is 584. The molecule has 0 unspecified atom stereocenters. The lowest BCUT2D eigenvalue weighted by atomic mass is 10.2. The van der Waals surface area contributed by atoms with Gasteiger partial charge in [-0.25, -0.2) is 0 Å². The van der Waals surface area contributed by atoms with Crippen molar-refractivity contribution >= 4 is 17.5 Å². The normalized spacial score (nSPS) is 21.3. The van der Waals surface area contributed by atoms with Gasteiger partial charge in [-0.05, 0) is 19.1 Å². The number of nitrogens with zero attached hydrogens (tertiary/aromatic N) is 3. The quantitative estimate of drug-likeness (QED) is 0.883. The van der Waals surface area contributed by atoms with E-state index in [2.05, 4.69) is 29.3 Å². The first kappa shape index (κ1) is 17.7. The van der Waals surface area contributed by atoms with Gasteiger partial charge in [-0.15, -0.1) is 0 Å². The molecule has 1 aromatic carbocycles. The molecule has 0 saturated carbocycles. The van der Waals surface area contributed by atoms with E-state index in [4.69, 9.17) is 0 Å². The zero-order valence-electron chi connectivity index (χ0n) is 15.0. The molecular formula is C19H28N4O2. The van der Waals surface area contributed by atoms with E-state index in [1.54, 1.807) is 0 Å². The van der Waals surface area contributed by atoms with Gasteiger partial charge in [0.25, 0.3) is 0 Å². The number of rotatable bonds is 4. The minimum atomic E-state index is 0.101. The summed E-state index contributed by atoms with van der Waals surface area (Å²) in [7, 11) is 0. The highest BCUT2D eigenvalue weighted by Gasteiger charge is 2.24. The Morgan fingerprint density at radius 3 is 2.24 bits per heavy atom. The number of para-hydroxylation sites is 1. The minimum Gasteiger partial charge on any atom is -0.368 e. The molecule has 3 rings (SSSR count). The maximum atomic E-state index is 12.4. The van der Waals surface area contributed by atoms with Crippen molar-refractivity contribution in [1.29, 1.82) is 0 Å². The van der Waals surface area contributed by atoms with Crippen LogP contribution in [0.3, 0.4) is 0 Å². The van der Waals surface area contributed by atoms with E-state index in [1.165, 1.54) is 5.69 Å². The molecule has 136 valence electrons. The Balaban J connectivity index is 1.41. The molecule has 2 fully saturated rings. The summed E-state index contributed by atoms with van der Waals surface area (Å²) < 4.78 is 0. The topological polar surface area (TPSA) is 55.9 Å². The molecule has 2 amide bonds. The Labute approximate surface area is 149 Å². The molecule has 2 aliphatic heterocycles. The van der Waals surface area contributed by atoms with Gasteiger partial charge in [-0.1, -0.05) is 18.2 Å². The first-order valence-electron chi connectivity index (χ1n) is 9.22. The van der Waals surface area contributed by atoms with E-state index in [-0.39, 0.29) is 11.8 Å². The van der Waals surface area contributed by atoms with Gasteiger partial charge in [-0.3, -0.25) is 9.59 Å². The number of hydrogen-bond acceptors (Lipinski definition) is 4. The number of amides is 2. The molecule has 25 heavy (non-hydrogen) atoms. The second-order valence-electron chi connectivity index (χ2n) is 6.90. The maximum Gasteiger partial charge on any atom is 0.223 e. The van der Waals surface area contributed by atoms with Gasteiger partial charge >= 0.3 is 0 Å². The van der Waals surface area contributed by atoms with Gasteiger partial charge in [0.05, 0.1) is 0 Å². The van der Waals surface area contributed by atoms with Crippen molar-refractivity contribution < 1.29 is 9.59 Å². The number of anilines is 1. The Hall–Kier alpha value is -2.08. The zero-order valence-corrected chi connectivity index (χ0v) is 15.0. The van der Waals surface area contributed by atoms with E-state index in [0.717, 1.165) is 45.8 Å². The Morgan fingerprint density at radius 2 is 1.60 bits per heavy atom. The van der Waals surface area contributed by atoms with Gasteiger partial charge in [0.2, 0.25) is 11.8 Å². The first-order valence-corrected chi connectivity index (χ1v) is 9.22. The van der Waals surface area contributed by atoms with Crippen molar-refractivity contribution in [1.82, 2.24) is 15.1 Å². The SMILES string of the molecule is C[C@@H]1CN(C(=O)CCC(=O)N2CCN(c3ccccc3)CC2)CCN1. The summed E-state index contributed by atoms with van der Waals surface area (Å²) in [6, 6.07) is 10.6. The van der Waals surface area contributed by atoms with Crippen LogP contribution in [0.1, 0.15) is 19.8 Å².